The fourth-order valence-electron chi connectivity index (χ4n) is 1.97. The number of alkyl halides is 3. The van der Waals surface area contributed by atoms with E-state index in [0.717, 1.165) is 50.2 Å². The average Bonchev–Trinajstić information content (AvgIpc) is 2.55. The zero-order valence-electron chi connectivity index (χ0n) is 10.2. The molecule has 0 atom stereocenters. The number of nitrogens with zero attached hydrogens (tertiary/aromatic N) is 1. The normalized spacial score (nSPS) is 16.7. The molecule has 0 radical (unpaired) electrons. The average molecular weight is 291 g/mol. The van der Waals surface area contributed by atoms with Crippen molar-refractivity contribution in [1.82, 2.24) is 0 Å². The Kier molecular flexibility index (Phi) is 4.34. The molecule has 0 amide bonds. The van der Waals surface area contributed by atoms with Gasteiger partial charge in [0, 0.05) is 23.7 Å². The minimum atomic E-state index is -4.40. The molecule has 0 aliphatic carbocycles. The van der Waals surface area contributed by atoms with Gasteiger partial charge in [0.25, 0.3) is 0 Å². The van der Waals surface area contributed by atoms with Gasteiger partial charge in [0.1, 0.15) is 5.84 Å². The smallest absolute Gasteiger partial charge is 0.344 e. The highest BCUT2D eigenvalue weighted by molar-refractivity contribution is 6.31. The SMILES string of the molecule is FC(F)(F)c1cc(Cl)cc(NC2=NCCCCC2)c1. The molecule has 1 aromatic carbocycles. The monoisotopic (exact) mass is 290 g/mol. The molecule has 0 saturated heterocycles. The second-order valence-corrected chi connectivity index (χ2v) is 4.93. The third kappa shape index (κ3) is 4.13. The number of hydrogen-bond donors (Lipinski definition) is 1. The molecular weight excluding hydrogens is 277 g/mol. The van der Waals surface area contributed by atoms with Crippen molar-refractivity contribution in [2.45, 2.75) is 31.9 Å². The standard InChI is InChI=1S/C13H14ClF3N2/c14-10-6-9(13(15,16)17)7-11(8-10)19-12-4-2-1-3-5-18-12/h6-8H,1-5H2,(H,18,19). The lowest BCUT2D eigenvalue weighted by molar-refractivity contribution is -0.137. The Morgan fingerprint density at radius 1 is 1.11 bits per heavy atom. The second kappa shape index (κ2) is 5.82. The maximum atomic E-state index is 12.7. The van der Waals surface area contributed by atoms with Gasteiger partial charge in [-0.05, 0) is 31.0 Å². The molecule has 104 valence electrons. The Morgan fingerprint density at radius 3 is 2.63 bits per heavy atom. The Labute approximate surface area is 114 Å². The third-order valence-corrected chi connectivity index (χ3v) is 3.11. The highest BCUT2D eigenvalue weighted by Gasteiger charge is 2.31. The molecular formula is C13H14ClF3N2. The molecule has 2 nitrogen and oxygen atoms in total. The van der Waals surface area contributed by atoms with E-state index in [1.165, 1.54) is 6.07 Å². The minimum Gasteiger partial charge on any atom is -0.344 e. The van der Waals surface area contributed by atoms with E-state index < -0.39 is 11.7 Å². The minimum absolute atomic E-state index is 0.0616. The highest BCUT2D eigenvalue weighted by atomic mass is 35.5. The van der Waals surface area contributed by atoms with E-state index in [0.29, 0.717) is 5.69 Å². The van der Waals surface area contributed by atoms with Crippen LogP contribution in [0.4, 0.5) is 18.9 Å². The summed E-state index contributed by atoms with van der Waals surface area (Å²) < 4.78 is 38.0. The van der Waals surface area contributed by atoms with Gasteiger partial charge >= 0.3 is 6.18 Å². The van der Waals surface area contributed by atoms with Crippen molar-refractivity contribution in [2.24, 2.45) is 4.99 Å². The number of benzene rings is 1. The van der Waals surface area contributed by atoms with Gasteiger partial charge in [-0.25, -0.2) is 0 Å². The van der Waals surface area contributed by atoms with Crippen LogP contribution < -0.4 is 5.32 Å². The lowest BCUT2D eigenvalue weighted by Gasteiger charge is -2.12. The summed E-state index contributed by atoms with van der Waals surface area (Å²) in [6.07, 6.45) is -0.522. The fraction of sp³-hybridized carbons (Fsp3) is 0.462. The van der Waals surface area contributed by atoms with Gasteiger partial charge in [0.15, 0.2) is 0 Å². The summed E-state index contributed by atoms with van der Waals surface area (Å²) >= 11 is 5.73. The first-order valence-electron chi connectivity index (χ1n) is 6.13. The van der Waals surface area contributed by atoms with Crippen molar-refractivity contribution in [2.75, 3.05) is 11.9 Å². The molecule has 2 rings (SSSR count). The largest absolute Gasteiger partial charge is 0.416 e. The van der Waals surface area contributed by atoms with Crippen LogP contribution in [0.1, 0.15) is 31.2 Å². The summed E-state index contributed by atoms with van der Waals surface area (Å²) in [4.78, 5) is 4.32. The number of nitrogens with one attached hydrogen (secondary N) is 1. The quantitative estimate of drug-likeness (QED) is 0.793. The number of rotatable bonds is 1. The van der Waals surface area contributed by atoms with Crippen LogP contribution in [0.25, 0.3) is 0 Å². The van der Waals surface area contributed by atoms with Crippen molar-refractivity contribution in [3.63, 3.8) is 0 Å². The van der Waals surface area contributed by atoms with Crippen LogP contribution in [0.15, 0.2) is 23.2 Å². The molecule has 1 heterocycles. The number of aliphatic imine (C=N–C) groups is 1. The van der Waals surface area contributed by atoms with Crippen molar-refractivity contribution < 1.29 is 13.2 Å². The van der Waals surface area contributed by atoms with Gasteiger partial charge in [-0.1, -0.05) is 18.0 Å². The van der Waals surface area contributed by atoms with Crippen LogP contribution in [0.5, 0.6) is 0 Å². The first kappa shape index (κ1) is 14.2. The Bertz CT molecular complexity index is 483. The lowest BCUT2D eigenvalue weighted by Crippen LogP contribution is -2.13. The highest BCUT2D eigenvalue weighted by Crippen LogP contribution is 2.33. The van der Waals surface area contributed by atoms with Crippen molar-refractivity contribution in [1.29, 1.82) is 0 Å². The van der Waals surface area contributed by atoms with Crippen LogP contribution in [0, 0.1) is 0 Å². The summed E-state index contributed by atoms with van der Waals surface area (Å²) in [5.74, 6) is 0.730. The summed E-state index contributed by atoms with van der Waals surface area (Å²) in [5, 5.41) is 3.00. The fourth-order valence-corrected chi connectivity index (χ4v) is 2.20. The second-order valence-electron chi connectivity index (χ2n) is 4.49. The van der Waals surface area contributed by atoms with Crippen LogP contribution in [-0.4, -0.2) is 12.4 Å². The van der Waals surface area contributed by atoms with Gasteiger partial charge in [-0.2, -0.15) is 13.2 Å². The molecule has 1 aliphatic heterocycles. The molecule has 1 aromatic rings. The Morgan fingerprint density at radius 2 is 1.89 bits per heavy atom. The first-order valence-corrected chi connectivity index (χ1v) is 6.51. The predicted octanol–water partition coefficient (Wildman–Crippen LogP) is 4.74. The van der Waals surface area contributed by atoms with Crippen molar-refractivity contribution in [3.8, 4) is 0 Å². The van der Waals surface area contributed by atoms with Gasteiger partial charge in [0.2, 0.25) is 0 Å². The van der Waals surface area contributed by atoms with Crippen LogP contribution >= 0.6 is 11.6 Å². The summed E-state index contributed by atoms with van der Waals surface area (Å²) in [7, 11) is 0. The molecule has 0 unspecified atom stereocenters. The lowest BCUT2D eigenvalue weighted by atomic mass is 10.1. The Balaban J connectivity index is 2.20. The third-order valence-electron chi connectivity index (χ3n) is 2.89. The van der Waals surface area contributed by atoms with E-state index in [2.05, 4.69) is 10.3 Å². The summed E-state index contributed by atoms with van der Waals surface area (Å²) in [6.45, 7) is 0.717. The van der Waals surface area contributed by atoms with E-state index in [1.807, 2.05) is 0 Å². The van der Waals surface area contributed by atoms with E-state index in [-0.39, 0.29) is 5.02 Å². The first-order chi connectivity index (χ1) is 8.95. The van der Waals surface area contributed by atoms with E-state index in [1.54, 1.807) is 0 Å². The maximum Gasteiger partial charge on any atom is 0.416 e. The molecule has 1 aliphatic rings. The van der Waals surface area contributed by atoms with Gasteiger partial charge in [-0.3, -0.25) is 4.99 Å². The Hall–Kier alpha value is -1.23. The number of halogens is 4. The van der Waals surface area contributed by atoms with E-state index >= 15 is 0 Å². The zero-order chi connectivity index (χ0) is 13.9. The predicted molar refractivity (Wildman–Crippen MR) is 70.8 cm³/mol. The van der Waals surface area contributed by atoms with E-state index in [4.69, 9.17) is 11.6 Å². The topological polar surface area (TPSA) is 24.4 Å². The molecule has 19 heavy (non-hydrogen) atoms. The molecule has 1 N–H and O–H groups in total. The summed E-state index contributed by atoms with van der Waals surface area (Å²) in [5.41, 5.74) is -0.419. The van der Waals surface area contributed by atoms with Crippen LogP contribution in [0.2, 0.25) is 5.02 Å². The molecule has 0 spiro atoms. The molecule has 0 aromatic heterocycles. The van der Waals surface area contributed by atoms with Gasteiger partial charge < -0.3 is 5.32 Å². The zero-order valence-corrected chi connectivity index (χ0v) is 11.0. The van der Waals surface area contributed by atoms with Crippen LogP contribution in [0.3, 0.4) is 0 Å². The number of amidine groups is 1. The number of hydrogen-bond acceptors (Lipinski definition) is 2. The van der Waals surface area contributed by atoms with E-state index in [9.17, 15) is 13.2 Å². The number of anilines is 1. The molecule has 0 fully saturated rings. The van der Waals surface area contributed by atoms with Crippen molar-refractivity contribution >= 4 is 23.1 Å². The van der Waals surface area contributed by atoms with Crippen molar-refractivity contribution in [3.05, 3.63) is 28.8 Å². The molecule has 0 bridgehead atoms. The van der Waals surface area contributed by atoms with Crippen LogP contribution in [-0.2, 0) is 6.18 Å². The molecule has 0 saturated carbocycles. The summed E-state index contributed by atoms with van der Waals surface area (Å²) in [6, 6.07) is 3.45. The molecule has 6 heteroatoms. The van der Waals surface area contributed by atoms with Gasteiger partial charge in [-0.15, -0.1) is 0 Å². The maximum absolute atomic E-state index is 12.7. The van der Waals surface area contributed by atoms with Gasteiger partial charge in [0.05, 0.1) is 5.56 Å².